The summed E-state index contributed by atoms with van der Waals surface area (Å²) in [5.74, 6) is -2.41. The lowest BCUT2D eigenvalue weighted by Crippen LogP contribution is -2.15. The topological polar surface area (TPSA) is 107 Å². The molecule has 2 aromatic carbocycles. The first kappa shape index (κ1) is 15.1. The highest BCUT2D eigenvalue weighted by Crippen LogP contribution is 2.25. The van der Waals surface area contributed by atoms with Crippen LogP contribution < -0.4 is 5.32 Å². The first-order chi connectivity index (χ1) is 9.88. The number of aromatic hydroxyl groups is 2. The van der Waals surface area contributed by atoms with Gasteiger partial charge in [-0.15, -0.1) is 0 Å². The van der Waals surface area contributed by atoms with Crippen molar-refractivity contribution in [2.24, 2.45) is 0 Å². The quantitative estimate of drug-likeness (QED) is 0.594. The molecule has 0 saturated heterocycles. The van der Waals surface area contributed by atoms with Crippen LogP contribution in [0, 0.1) is 3.57 Å². The average molecular weight is 399 g/mol. The number of aromatic carboxylic acids is 1. The molecule has 0 unspecified atom stereocenters. The number of anilines is 1. The van der Waals surface area contributed by atoms with Crippen LogP contribution >= 0.6 is 22.6 Å². The molecule has 0 aliphatic heterocycles. The van der Waals surface area contributed by atoms with Gasteiger partial charge in [-0.3, -0.25) is 4.79 Å². The van der Waals surface area contributed by atoms with Crippen LogP contribution in [0.5, 0.6) is 11.5 Å². The number of carbonyl (C=O) groups excluding carboxylic acids is 1. The van der Waals surface area contributed by atoms with E-state index in [2.05, 4.69) is 5.32 Å². The van der Waals surface area contributed by atoms with E-state index in [0.717, 1.165) is 9.64 Å². The minimum absolute atomic E-state index is 0.0477. The standard InChI is InChI=1S/C14H10INO5/c15-7-1-4-11(10(5-7)14(20)21)16-13(19)9-3-2-8(17)6-12(9)18/h1-6,17-18H,(H,16,19)(H,20,21). The number of carbonyl (C=O) groups is 2. The van der Waals surface area contributed by atoms with Gasteiger partial charge < -0.3 is 20.6 Å². The molecule has 6 nitrogen and oxygen atoms in total. The first-order valence-corrected chi connectivity index (χ1v) is 6.82. The van der Waals surface area contributed by atoms with E-state index >= 15 is 0 Å². The van der Waals surface area contributed by atoms with Crippen molar-refractivity contribution in [3.05, 3.63) is 51.1 Å². The molecule has 0 aromatic heterocycles. The molecule has 21 heavy (non-hydrogen) atoms. The van der Waals surface area contributed by atoms with E-state index < -0.39 is 17.6 Å². The highest BCUT2D eigenvalue weighted by Gasteiger charge is 2.16. The van der Waals surface area contributed by atoms with Crippen LogP contribution in [0.3, 0.4) is 0 Å². The maximum Gasteiger partial charge on any atom is 0.337 e. The fourth-order valence-electron chi connectivity index (χ4n) is 1.70. The molecule has 0 radical (unpaired) electrons. The van der Waals surface area contributed by atoms with E-state index in [4.69, 9.17) is 5.11 Å². The maximum atomic E-state index is 12.1. The Morgan fingerprint density at radius 3 is 2.33 bits per heavy atom. The number of benzene rings is 2. The summed E-state index contributed by atoms with van der Waals surface area (Å²) in [7, 11) is 0. The van der Waals surface area contributed by atoms with Crippen molar-refractivity contribution in [3.8, 4) is 11.5 Å². The van der Waals surface area contributed by atoms with Crippen molar-refractivity contribution < 1.29 is 24.9 Å². The Kier molecular flexibility index (Phi) is 4.32. The second-order valence-electron chi connectivity index (χ2n) is 4.15. The smallest absolute Gasteiger partial charge is 0.337 e. The number of halogens is 1. The summed E-state index contributed by atoms with van der Waals surface area (Å²) in [6.45, 7) is 0. The fourth-order valence-corrected chi connectivity index (χ4v) is 2.20. The minimum Gasteiger partial charge on any atom is -0.508 e. The van der Waals surface area contributed by atoms with Crippen LogP contribution in [0.15, 0.2) is 36.4 Å². The number of carboxylic acids is 1. The van der Waals surface area contributed by atoms with Gasteiger partial charge >= 0.3 is 5.97 Å². The van der Waals surface area contributed by atoms with Crippen LogP contribution in [0.25, 0.3) is 0 Å². The second kappa shape index (κ2) is 6.00. The Morgan fingerprint density at radius 2 is 1.71 bits per heavy atom. The Hall–Kier alpha value is -2.29. The third kappa shape index (κ3) is 3.43. The molecule has 0 heterocycles. The van der Waals surface area contributed by atoms with Crippen LogP contribution in [0.1, 0.15) is 20.7 Å². The molecule has 0 aliphatic rings. The number of hydrogen-bond donors (Lipinski definition) is 4. The minimum atomic E-state index is -1.17. The molecule has 0 spiro atoms. The molecular weight excluding hydrogens is 389 g/mol. The Balaban J connectivity index is 2.34. The van der Waals surface area contributed by atoms with Crippen molar-refractivity contribution in [1.29, 1.82) is 0 Å². The van der Waals surface area contributed by atoms with Gasteiger partial charge in [0.05, 0.1) is 16.8 Å². The number of amides is 1. The SMILES string of the molecule is O=C(Nc1ccc(I)cc1C(=O)O)c1ccc(O)cc1O. The summed E-state index contributed by atoms with van der Waals surface area (Å²) in [5, 5.41) is 30.4. The monoisotopic (exact) mass is 399 g/mol. The fraction of sp³-hybridized carbons (Fsp3) is 0. The van der Waals surface area contributed by atoms with Crippen LogP contribution in [-0.2, 0) is 0 Å². The number of nitrogens with one attached hydrogen (secondary N) is 1. The number of carboxylic acid groups (broad SMARTS) is 1. The van der Waals surface area contributed by atoms with E-state index in [9.17, 15) is 19.8 Å². The van der Waals surface area contributed by atoms with Gasteiger partial charge in [-0.2, -0.15) is 0 Å². The van der Waals surface area contributed by atoms with E-state index in [0.29, 0.717) is 0 Å². The molecule has 0 aliphatic carbocycles. The van der Waals surface area contributed by atoms with Crippen LogP contribution in [0.4, 0.5) is 5.69 Å². The van der Waals surface area contributed by atoms with Crippen molar-refractivity contribution in [3.63, 3.8) is 0 Å². The van der Waals surface area contributed by atoms with Gasteiger partial charge in [-0.25, -0.2) is 4.79 Å². The Labute approximate surface area is 133 Å². The number of phenols is 2. The van der Waals surface area contributed by atoms with Gasteiger partial charge in [0.15, 0.2) is 0 Å². The van der Waals surface area contributed by atoms with E-state index in [1.807, 2.05) is 22.6 Å². The molecular formula is C14H10INO5. The van der Waals surface area contributed by atoms with Gasteiger partial charge in [-0.1, -0.05) is 0 Å². The molecule has 0 fully saturated rings. The zero-order valence-electron chi connectivity index (χ0n) is 10.5. The summed E-state index contributed by atoms with van der Waals surface area (Å²) in [6.07, 6.45) is 0. The lowest BCUT2D eigenvalue weighted by molar-refractivity contribution is 0.0698. The molecule has 2 aromatic rings. The van der Waals surface area contributed by atoms with Gasteiger partial charge in [0, 0.05) is 9.64 Å². The van der Waals surface area contributed by atoms with Crippen molar-refractivity contribution in [2.45, 2.75) is 0 Å². The molecule has 7 heteroatoms. The van der Waals surface area contributed by atoms with Crippen LogP contribution in [0.2, 0.25) is 0 Å². The largest absolute Gasteiger partial charge is 0.508 e. The molecule has 0 saturated carbocycles. The molecule has 0 bridgehead atoms. The normalized spacial score (nSPS) is 10.1. The molecule has 0 atom stereocenters. The Bertz CT molecular complexity index is 729. The summed E-state index contributed by atoms with van der Waals surface area (Å²) < 4.78 is 0.718. The Morgan fingerprint density at radius 1 is 1.00 bits per heavy atom. The number of hydrogen-bond acceptors (Lipinski definition) is 4. The predicted octanol–water partition coefficient (Wildman–Crippen LogP) is 2.65. The molecule has 2 rings (SSSR count). The summed E-state index contributed by atoms with van der Waals surface area (Å²) in [6, 6.07) is 8.07. The lowest BCUT2D eigenvalue weighted by Gasteiger charge is -2.10. The van der Waals surface area contributed by atoms with Crippen molar-refractivity contribution in [2.75, 3.05) is 5.32 Å². The summed E-state index contributed by atoms with van der Waals surface area (Å²) >= 11 is 1.97. The highest BCUT2D eigenvalue weighted by atomic mass is 127. The van der Waals surface area contributed by atoms with Crippen LogP contribution in [-0.4, -0.2) is 27.2 Å². The summed E-state index contributed by atoms with van der Waals surface area (Å²) in [5.41, 5.74) is 0.0107. The van der Waals surface area contributed by atoms with Gasteiger partial charge in [-0.05, 0) is 52.9 Å². The van der Waals surface area contributed by atoms with Gasteiger partial charge in [0.25, 0.3) is 5.91 Å². The summed E-state index contributed by atoms with van der Waals surface area (Å²) in [4.78, 5) is 23.2. The lowest BCUT2D eigenvalue weighted by atomic mass is 10.1. The first-order valence-electron chi connectivity index (χ1n) is 5.74. The maximum absolute atomic E-state index is 12.1. The molecule has 108 valence electrons. The van der Waals surface area contributed by atoms with Crippen molar-refractivity contribution in [1.82, 2.24) is 0 Å². The number of phenolic OH excluding ortho intramolecular Hbond substituents is 2. The third-order valence-corrected chi connectivity index (χ3v) is 3.36. The molecule has 1 amide bonds. The average Bonchev–Trinajstić information content (AvgIpc) is 2.40. The highest BCUT2D eigenvalue weighted by molar-refractivity contribution is 14.1. The second-order valence-corrected chi connectivity index (χ2v) is 5.40. The van der Waals surface area contributed by atoms with Gasteiger partial charge in [0.2, 0.25) is 0 Å². The third-order valence-electron chi connectivity index (χ3n) is 2.69. The van der Waals surface area contributed by atoms with E-state index in [1.165, 1.54) is 24.3 Å². The molecule has 4 N–H and O–H groups in total. The van der Waals surface area contributed by atoms with Crippen molar-refractivity contribution >= 4 is 40.2 Å². The van der Waals surface area contributed by atoms with E-state index in [1.54, 1.807) is 6.07 Å². The zero-order valence-corrected chi connectivity index (χ0v) is 12.7. The van der Waals surface area contributed by atoms with Gasteiger partial charge in [0.1, 0.15) is 11.5 Å². The predicted molar refractivity (Wildman–Crippen MR) is 83.8 cm³/mol. The number of rotatable bonds is 3. The van der Waals surface area contributed by atoms with E-state index in [-0.39, 0.29) is 22.6 Å². The zero-order chi connectivity index (χ0) is 15.6.